The molecule has 0 aliphatic heterocycles. The molecule has 0 saturated carbocycles. The summed E-state index contributed by atoms with van der Waals surface area (Å²) >= 11 is 0. The first-order valence-electron chi connectivity index (χ1n) is 4.27. The van der Waals surface area contributed by atoms with Gasteiger partial charge in [-0.05, 0) is 0 Å². The number of nitrogens with zero attached hydrogens (tertiary/aromatic N) is 3. The molecule has 0 unspecified atom stereocenters. The fourth-order valence-electron chi connectivity index (χ4n) is 1.20. The first-order valence-corrected chi connectivity index (χ1v) is 4.27. The Hall–Kier alpha value is -2.21. The van der Waals surface area contributed by atoms with E-state index in [0.717, 1.165) is 0 Å². The van der Waals surface area contributed by atoms with Crippen molar-refractivity contribution in [2.75, 3.05) is 7.11 Å². The van der Waals surface area contributed by atoms with Crippen molar-refractivity contribution >= 4 is 0 Å². The molecule has 0 bridgehead atoms. The van der Waals surface area contributed by atoms with E-state index in [-0.39, 0.29) is 23.4 Å². The molecule has 6 heteroatoms. The van der Waals surface area contributed by atoms with Crippen molar-refractivity contribution in [1.82, 2.24) is 4.98 Å². The van der Waals surface area contributed by atoms with E-state index in [9.17, 15) is 8.78 Å². The molecule has 0 aromatic carbocycles. The molecule has 1 rings (SSSR count). The highest BCUT2D eigenvalue weighted by Crippen LogP contribution is 2.28. The average Bonchev–Trinajstić information content (AvgIpc) is 2.28. The molecule has 0 spiro atoms. The molecular weight excluding hydrogens is 216 g/mol. The third kappa shape index (κ3) is 2.23. The number of hydrogen-bond donors (Lipinski definition) is 0. The van der Waals surface area contributed by atoms with Gasteiger partial charge in [0.15, 0.2) is 0 Å². The van der Waals surface area contributed by atoms with Crippen LogP contribution < -0.4 is 4.74 Å². The maximum Gasteiger partial charge on any atom is 0.281 e. The molecule has 0 atom stereocenters. The third-order valence-corrected chi connectivity index (χ3v) is 1.86. The molecule has 82 valence electrons. The molecule has 16 heavy (non-hydrogen) atoms. The van der Waals surface area contributed by atoms with E-state index >= 15 is 0 Å². The molecule has 0 aliphatic rings. The van der Waals surface area contributed by atoms with E-state index in [1.807, 2.05) is 0 Å². The van der Waals surface area contributed by atoms with Crippen LogP contribution in [0.5, 0.6) is 5.75 Å². The Kier molecular flexibility index (Phi) is 3.73. The summed E-state index contributed by atoms with van der Waals surface area (Å²) < 4.78 is 30.0. The Morgan fingerprint density at radius 2 is 2.19 bits per heavy atom. The molecule has 0 radical (unpaired) electrons. The summed E-state index contributed by atoms with van der Waals surface area (Å²) in [5.41, 5.74) is -0.778. The zero-order chi connectivity index (χ0) is 12.1. The molecule has 1 heterocycles. The van der Waals surface area contributed by atoms with Crippen LogP contribution in [0.3, 0.4) is 0 Å². The van der Waals surface area contributed by atoms with Gasteiger partial charge in [-0.2, -0.15) is 10.5 Å². The first-order chi connectivity index (χ1) is 7.63. The van der Waals surface area contributed by atoms with Crippen molar-refractivity contribution in [3.05, 3.63) is 23.0 Å². The normalized spacial score (nSPS) is 9.62. The monoisotopic (exact) mass is 223 g/mol. The minimum Gasteiger partial charge on any atom is -0.495 e. The number of ether oxygens (including phenoxy) is 1. The maximum atomic E-state index is 12.6. The van der Waals surface area contributed by atoms with Gasteiger partial charge in [0, 0.05) is 6.07 Å². The van der Waals surface area contributed by atoms with E-state index in [1.165, 1.54) is 13.2 Å². The summed E-state index contributed by atoms with van der Waals surface area (Å²) in [6.45, 7) is 0. The molecule has 1 aromatic heterocycles. The molecule has 4 nitrogen and oxygen atoms in total. The fourth-order valence-corrected chi connectivity index (χ4v) is 1.20. The van der Waals surface area contributed by atoms with Crippen molar-refractivity contribution in [3.63, 3.8) is 0 Å². The highest BCUT2D eigenvalue weighted by atomic mass is 19.3. The van der Waals surface area contributed by atoms with Crippen molar-refractivity contribution in [1.29, 1.82) is 10.5 Å². The van der Waals surface area contributed by atoms with Gasteiger partial charge in [-0.3, -0.25) is 0 Å². The minimum atomic E-state index is -2.87. The number of hydrogen-bond acceptors (Lipinski definition) is 4. The van der Waals surface area contributed by atoms with Gasteiger partial charge in [0.25, 0.3) is 6.43 Å². The van der Waals surface area contributed by atoms with Crippen LogP contribution in [0.15, 0.2) is 6.07 Å². The van der Waals surface area contributed by atoms with Gasteiger partial charge >= 0.3 is 0 Å². The second-order valence-corrected chi connectivity index (χ2v) is 2.82. The van der Waals surface area contributed by atoms with Crippen LogP contribution in [0.4, 0.5) is 8.78 Å². The summed E-state index contributed by atoms with van der Waals surface area (Å²) in [5, 5.41) is 17.2. The van der Waals surface area contributed by atoms with E-state index < -0.39 is 12.1 Å². The van der Waals surface area contributed by atoms with Crippen molar-refractivity contribution in [2.45, 2.75) is 12.8 Å². The number of methoxy groups -OCH3 is 1. The molecule has 1 aromatic rings. The first kappa shape index (κ1) is 11.9. The third-order valence-electron chi connectivity index (χ3n) is 1.86. The van der Waals surface area contributed by atoms with E-state index in [1.54, 1.807) is 12.1 Å². The van der Waals surface area contributed by atoms with Gasteiger partial charge in [-0.1, -0.05) is 0 Å². The average molecular weight is 223 g/mol. The molecule has 0 N–H and O–H groups in total. The topological polar surface area (TPSA) is 69.7 Å². The van der Waals surface area contributed by atoms with Gasteiger partial charge < -0.3 is 4.74 Å². The SMILES string of the molecule is COc1cc(CC#N)nc(C(F)F)c1C#N. The van der Waals surface area contributed by atoms with Gasteiger partial charge in [-0.15, -0.1) is 0 Å². The van der Waals surface area contributed by atoms with Crippen molar-refractivity contribution < 1.29 is 13.5 Å². The van der Waals surface area contributed by atoms with E-state index in [4.69, 9.17) is 15.3 Å². The molecular formula is C10H7F2N3O. The summed E-state index contributed by atoms with van der Waals surface area (Å²) in [6.07, 6.45) is -2.98. The van der Waals surface area contributed by atoms with Gasteiger partial charge in [0.05, 0.1) is 25.3 Å². The molecule has 0 amide bonds. The number of halogens is 2. The Morgan fingerprint density at radius 3 is 2.62 bits per heavy atom. The van der Waals surface area contributed by atoms with Crippen LogP contribution in [0.2, 0.25) is 0 Å². The lowest BCUT2D eigenvalue weighted by atomic mass is 10.1. The Balaban J connectivity index is 3.40. The highest BCUT2D eigenvalue weighted by molar-refractivity contribution is 5.47. The number of alkyl halides is 2. The van der Waals surface area contributed by atoms with Crippen LogP contribution in [-0.2, 0) is 6.42 Å². The van der Waals surface area contributed by atoms with Crippen LogP contribution in [0.1, 0.15) is 23.4 Å². The maximum absolute atomic E-state index is 12.6. The number of aromatic nitrogens is 1. The summed E-state index contributed by atoms with van der Waals surface area (Å²) in [4.78, 5) is 3.57. The second kappa shape index (κ2) is 5.04. The minimum absolute atomic E-state index is 0.0121. The van der Waals surface area contributed by atoms with Gasteiger partial charge in [-0.25, -0.2) is 13.8 Å². The summed E-state index contributed by atoms with van der Waals surface area (Å²) in [6, 6.07) is 4.72. The molecule has 0 fully saturated rings. The zero-order valence-corrected chi connectivity index (χ0v) is 8.37. The predicted molar refractivity (Wildman–Crippen MR) is 49.8 cm³/mol. The van der Waals surface area contributed by atoms with Crippen molar-refractivity contribution in [3.8, 4) is 17.9 Å². The number of nitriles is 2. The summed E-state index contributed by atoms with van der Waals surface area (Å²) in [7, 11) is 1.27. The Bertz CT molecular complexity index is 474. The standard InChI is InChI=1S/C10H7F2N3O/c1-16-8-4-6(2-3-13)15-9(10(11)12)7(8)5-14/h4,10H,2H2,1H3. The molecule has 0 aliphatic carbocycles. The summed E-state index contributed by atoms with van der Waals surface area (Å²) in [5.74, 6) is 0.0121. The molecule has 0 saturated heterocycles. The Morgan fingerprint density at radius 1 is 1.50 bits per heavy atom. The van der Waals surface area contributed by atoms with Crippen LogP contribution in [-0.4, -0.2) is 12.1 Å². The largest absolute Gasteiger partial charge is 0.495 e. The van der Waals surface area contributed by atoms with Gasteiger partial charge in [0.2, 0.25) is 0 Å². The number of pyridine rings is 1. The lowest BCUT2D eigenvalue weighted by Crippen LogP contribution is -2.02. The zero-order valence-electron chi connectivity index (χ0n) is 8.37. The second-order valence-electron chi connectivity index (χ2n) is 2.82. The van der Waals surface area contributed by atoms with Crippen LogP contribution >= 0.6 is 0 Å². The fraction of sp³-hybridized carbons (Fsp3) is 0.300. The highest BCUT2D eigenvalue weighted by Gasteiger charge is 2.20. The lowest BCUT2D eigenvalue weighted by Gasteiger charge is -2.08. The van der Waals surface area contributed by atoms with E-state index in [0.29, 0.717) is 0 Å². The Labute approximate surface area is 90.7 Å². The van der Waals surface area contributed by atoms with Gasteiger partial charge in [0.1, 0.15) is 23.1 Å². The lowest BCUT2D eigenvalue weighted by molar-refractivity contribution is 0.145. The van der Waals surface area contributed by atoms with E-state index in [2.05, 4.69) is 4.98 Å². The van der Waals surface area contributed by atoms with Crippen molar-refractivity contribution in [2.24, 2.45) is 0 Å². The van der Waals surface area contributed by atoms with Crippen LogP contribution in [0.25, 0.3) is 0 Å². The smallest absolute Gasteiger partial charge is 0.281 e. The number of rotatable bonds is 3. The quantitative estimate of drug-likeness (QED) is 0.785. The predicted octanol–water partition coefficient (Wildman–Crippen LogP) is 1.97. The van der Waals surface area contributed by atoms with Crippen LogP contribution in [0, 0.1) is 22.7 Å².